The van der Waals surface area contributed by atoms with Crippen molar-refractivity contribution in [2.24, 2.45) is 0 Å². The third-order valence-corrected chi connectivity index (χ3v) is 17.3. The molecule has 0 spiro atoms. The average Bonchev–Trinajstić information content (AvgIpc) is 0.681. The van der Waals surface area contributed by atoms with Crippen molar-refractivity contribution < 1.29 is 124 Å². The number of aromatic hydroxyl groups is 2. The minimum atomic E-state index is -7.22. The topological polar surface area (TPSA) is 46.9 Å². The Morgan fingerprint density at radius 3 is 0.733 bits per heavy atom. The van der Waals surface area contributed by atoms with Crippen LogP contribution in [0, 0.1) is 137 Å². The Morgan fingerprint density at radius 1 is 0.307 bits per heavy atom. The predicted molar refractivity (Wildman–Crippen MR) is 349 cm³/mol. The van der Waals surface area contributed by atoms with E-state index >= 15 is 35.1 Å². The number of benzene rings is 9. The van der Waals surface area contributed by atoms with Crippen molar-refractivity contribution in [1.29, 1.82) is 0 Å². The van der Waals surface area contributed by atoms with Crippen molar-refractivity contribution in [3.63, 3.8) is 0 Å². The molecule has 536 valence electrons. The van der Waals surface area contributed by atoms with E-state index < -0.39 is 144 Å². The molecule has 9 aromatic rings. The van der Waals surface area contributed by atoms with Crippen LogP contribution in [-0.2, 0) is 47.9 Å². The second-order valence-corrected chi connectivity index (χ2v) is 28.1. The Morgan fingerprint density at radius 2 is 0.535 bits per heavy atom. The largest absolute Gasteiger partial charge is 2.00 e. The number of rotatable bonds is 9. The van der Waals surface area contributed by atoms with Crippen molar-refractivity contribution in [2.45, 2.75) is 119 Å². The van der Waals surface area contributed by atoms with E-state index in [1.165, 1.54) is 11.1 Å². The monoisotopic (exact) mass is 1510 g/mol. The van der Waals surface area contributed by atoms with E-state index in [0.717, 1.165) is 61.7 Å². The molecule has 0 unspecified atom stereocenters. The zero-order valence-corrected chi connectivity index (χ0v) is 59.8. The molecule has 4 nitrogen and oxygen atoms in total. The predicted octanol–water partition coefficient (Wildman–Crippen LogP) is 19.8. The second kappa shape index (κ2) is 29.5. The number of aryl methyl sites for hydroxylation is 2. The van der Waals surface area contributed by atoms with Gasteiger partial charge in [-0.2, -0.15) is 24.6 Å². The molecule has 0 aliphatic heterocycles. The van der Waals surface area contributed by atoms with Gasteiger partial charge in [0.1, 0.15) is 64.2 Å². The maximum atomic E-state index is 15.4. The molecule has 9 aromatic carbocycles. The molecule has 9 rings (SSSR count). The number of halogens is 20. The molecule has 0 aromatic heterocycles. The molecule has 2 N–H and O–H groups in total. The number of anilines is 4. The fourth-order valence-corrected chi connectivity index (χ4v) is 11.9. The molecule has 0 aliphatic rings. The van der Waals surface area contributed by atoms with Crippen molar-refractivity contribution in [3.05, 3.63) is 253 Å². The van der Waals surface area contributed by atoms with Crippen LogP contribution >= 0.6 is 0 Å². The summed E-state index contributed by atoms with van der Waals surface area (Å²) >= 11 is 0. The maximum Gasteiger partial charge on any atom is 2.00 e. The van der Waals surface area contributed by atoms with E-state index in [9.17, 15) is 62.9 Å². The van der Waals surface area contributed by atoms with Crippen LogP contribution in [0.5, 0.6) is 11.5 Å². The van der Waals surface area contributed by atoms with Gasteiger partial charge in [-0.1, -0.05) is 126 Å². The van der Waals surface area contributed by atoms with Gasteiger partial charge in [-0.3, -0.25) is 0 Å². The van der Waals surface area contributed by atoms with E-state index in [2.05, 4.69) is 188 Å². The van der Waals surface area contributed by atoms with E-state index in [-0.39, 0.29) is 47.9 Å². The standard InChI is InChI=1S/C44H60N2O2.C24BF20.C7H7.Zr/c1-27-19-17-21-33(45(15)35-25-29(41(3,4)5)23-31(39(35)47)43(9,10)11)37(27)38-28(2)20-18-22-34(38)46(16)36-26-30(42(6,7)8)24-32(40(36)48)44(12,13)14;26-5-1(6(27)14(35)21(42)13(5)34)25(2-7(28)15(36)22(43)16(37)8(2)29,3-9(30)17(38)23(44)18(39)10(3)31)4-11(32)19(40)24(45)20(41)12(4)33;1-7-5-3-2-4-6-7;/h17-26,47-48H,1-16H3;;2-6H,1H2;/q;2*-1;+2. The second-order valence-electron chi connectivity index (χ2n) is 28.1. The molecular formula is C75H67BF20N2O2Zr. The van der Waals surface area contributed by atoms with Crippen LogP contribution in [0.3, 0.4) is 0 Å². The first-order valence-corrected chi connectivity index (χ1v) is 30.5. The summed E-state index contributed by atoms with van der Waals surface area (Å²) in [7, 11) is 4.12. The summed E-state index contributed by atoms with van der Waals surface area (Å²) in [5.41, 5.74) is -1.65. The number of phenols is 2. The van der Waals surface area contributed by atoms with Gasteiger partial charge in [-0.15, -0.1) is 34.0 Å². The van der Waals surface area contributed by atoms with Crippen LogP contribution in [0.2, 0.25) is 0 Å². The van der Waals surface area contributed by atoms with Crippen molar-refractivity contribution in [3.8, 4) is 22.6 Å². The first kappa shape index (κ1) is 81.6. The summed E-state index contributed by atoms with van der Waals surface area (Å²) in [6.07, 6.45) is -7.22. The van der Waals surface area contributed by atoms with Gasteiger partial charge in [0.05, 0.1) is 11.4 Å². The van der Waals surface area contributed by atoms with Gasteiger partial charge in [0.15, 0.2) is 69.8 Å². The number of nitrogens with zero attached hydrogens (tertiary/aromatic N) is 2. The SMILES string of the molecule is Cc1cccc(N(C)c2cc(C(C)(C)C)cc(C(C)(C)C)c2O)c1-c1c(C)cccc1N(C)c1cc(C(C)(C)C)cc(C(C)(C)C)c1O.Fc1c(F)c(F)c([B-](c2c(F)c(F)c(F)c(F)c2F)(c2c(F)c(F)c(F)c(F)c2F)c2c(F)c(F)c(F)c(F)c2F)c(F)c1F.[CH2-]c1ccccc1.[Zr+2]. The number of phenolic OH excluding ortho intramolecular Hbond substituents is 2. The van der Waals surface area contributed by atoms with Gasteiger partial charge < -0.3 is 20.0 Å². The minimum Gasteiger partial charge on any atom is -0.505 e. The number of hydrogen-bond acceptors (Lipinski definition) is 4. The van der Waals surface area contributed by atoms with E-state index in [0.29, 0.717) is 11.5 Å². The Labute approximate surface area is 590 Å². The van der Waals surface area contributed by atoms with Crippen LogP contribution in [0.25, 0.3) is 11.1 Å². The molecule has 0 fully saturated rings. The molecule has 0 saturated heterocycles. The average molecular weight is 1510 g/mol. The molecule has 0 heterocycles. The summed E-state index contributed by atoms with van der Waals surface area (Å²) < 4.78 is 294. The molecule has 0 saturated carbocycles. The molecular weight excluding hydrogens is 1440 g/mol. The Balaban J connectivity index is 0.000000287. The molecule has 26 heteroatoms. The summed E-state index contributed by atoms with van der Waals surface area (Å²) in [5, 5.41) is 23.7. The van der Waals surface area contributed by atoms with E-state index in [1.54, 1.807) is 0 Å². The molecule has 0 bridgehead atoms. The van der Waals surface area contributed by atoms with Crippen LogP contribution in [-0.4, -0.2) is 30.5 Å². The minimum absolute atomic E-state index is 0. The van der Waals surface area contributed by atoms with Gasteiger partial charge >= 0.3 is 26.2 Å². The summed E-state index contributed by atoms with van der Waals surface area (Å²) in [6.45, 7) is 34.3. The Bertz CT molecular complexity index is 4180. The molecule has 0 atom stereocenters. The zero-order chi connectivity index (χ0) is 75.8. The van der Waals surface area contributed by atoms with Gasteiger partial charge in [0.25, 0.3) is 0 Å². The third-order valence-electron chi connectivity index (χ3n) is 17.3. The van der Waals surface area contributed by atoms with Crippen molar-refractivity contribution in [1.82, 2.24) is 0 Å². The first-order valence-electron chi connectivity index (χ1n) is 30.5. The fraction of sp³-hybridized carbons (Fsp3) is 0.267. The van der Waals surface area contributed by atoms with E-state index in [1.807, 2.05) is 30.3 Å². The van der Waals surface area contributed by atoms with Gasteiger partial charge in [-0.05, 0) is 82.0 Å². The summed E-state index contributed by atoms with van der Waals surface area (Å²) in [5.74, 6) is -70.8. The number of hydrogen-bond donors (Lipinski definition) is 2. The van der Waals surface area contributed by atoms with Crippen molar-refractivity contribution in [2.75, 3.05) is 23.9 Å². The van der Waals surface area contributed by atoms with Crippen LogP contribution in [0.4, 0.5) is 111 Å². The molecule has 0 amide bonds. The third kappa shape index (κ3) is 14.7. The molecule has 0 aliphatic carbocycles. The Kier molecular flexibility index (Phi) is 23.8. The molecule has 0 radical (unpaired) electrons. The first-order chi connectivity index (χ1) is 45.9. The van der Waals surface area contributed by atoms with Gasteiger partial charge in [0.2, 0.25) is 0 Å². The van der Waals surface area contributed by atoms with Crippen LogP contribution in [0.15, 0.2) is 91.0 Å². The summed E-state index contributed by atoms with van der Waals surface area (Å²) in [6, 6.07) is 31.3. The normalized spacial score (nSPS) is 12.0. The fourth-order valence-electron chi connectivity index (χ4n) is 11.9. The smallest absolute Gasteiger partial charge is 0.505 e. The quantitative estimate of drug-likeness (QED) is 0.0497. The van der Waals surface area contributed by atoms with Gasteiger partial charge in [0, 0.05) is 47.7 Å². The van der Waals surface area contributed by atoms with Gasteiger partial charge in [-0.25, -0.2) is 87.8 Å². The van der Waals surface area contributed by atoms with Crippen LogP contribution < -0.4 is 31.7 Å². The zero-order valence-electron chi connectivity index (χ0n) is 57.3. The van der Waals surface area contributed by atoms with Crippen molar-refractivity contribution >= 4 is 50.7 Å². The maximum absolute atomic E-state index is 15.4. The van der Waals surface area contributed by atoms with Crippen LogP contribution in [0.1, 0.15) is 122 Å². The Hall–Kier alpha value is -8.40. The molecule has 101 heavy (non-hydrogen) atoms. The summed E-state index contributed by atoms with van der Waals surface area (Å²) in [4.78, 5) is 4.29. The van der Waals surface area contributed by atoms with E-state index in [4.69, 9.17) is 0 Å².